The van der Waals surface area contributed by atoms with Crippen molar-refractivity contribution in [2.45, 2.75) is 25.9 Å². The molecule has 6 rings (SSSR count). The topological polar surface area (TPSA) is 191 Å². The SMILES string of the molecule is BrCCCBr.COc1ccc(C(=O)C(=O)c2ccc(CO)cc2)cc1.O=C(C(=O)c1ccc(O)cc1)c1ccc(O)cc1.O=C(C(=O)c1ccc(OCCCBr)cc1)c1ccc(OCCCBr)cc1. The van der Waals surface area contributed by atoms with E-state index < -0.39 is 34.7 Å². The summed E-state index contributed by atoms with van der Waals surface area (Å²) in [6, 6.07) is 36.9. The number of carbonyl (C=O) groups is 6. The summed E-state index contributed by atoms with van der Waals surface area (Å²) in [5.41, 5.74) is 2.45. The number of aliphatic hydroxyl groups excluding tert-OH is 1. The molecule has 0 saturated carbocycles. The van der Waals surface area contributed by atoms with E-state index >= 15 is 0 Å². The quantitative estimate of drug-likeness (QED) is 0.0268. The van der Waals surface area contributed by atoms with Crippen molar-refractivity contribution < 1.29 is 58.3 Å². The minimum atomic E-state index is -0.652. The van der Waals surface area contributed by atoms with E-state index in [1.54, 1.807) is 84.9 Å². The molecule has 0 aliphatic rings. The van der Waals surface area contributed by atoms with E-state index in [9.17, 15) is 28.8 Å². The fourth-order valence-electron chi connectivity index (χ4n) is 5.46. The highest BCUT2D eigenvalue weighted by atomic mass is 79.9. The van der Waals surface area contributed by atoms with Crippen molar-refractivity contribution >= 4 is 98.4 Å². The van der Waals surface area contributed by atoms with Crippen LogP contribution in [0.1, 0.15) is 87.0 Å². The number of phenolic OH excluding ortho intramolecular Hbond substituents is 2. The third-order valence-corrected chi connectivity index (χ3v) is 11.5. The lowest BCUT2D eigenvalue weighted by Gasteiger charge is -2.07. The number of methoxy groups -OCH3 is 1. The van der Waals surface area contributed by atoms with Gasteiger partial charge in [-0.05, 0) is 146 Å². The van der Waals surface area contributed by atoms with Gasteiger partial charge < -0.3 is 29.5 Å². The minimum absolute atomic E-state index is 0.0311. The zero-order chi connectivity index (χ0) is 50.6. The van der Waals surface area contributed by atoms with Crippen molar-refractivity contribution in [2.24, 2.45) is 0 Å². The van der Waals surface area contributed by atoms with E-state index in [0.717, 1.165) is 34.2 Å². The molecule has 0 saturated heterocycles. The number of Topliss-reactive ketones (excluding diaryl/α,β-unsaturated/α-hetero) is 6. The maximum atomic E-state index is 12.4. The summed E-state index contributed by atoms with van der Waals surface area (Å²) >= 11 is 13.2. The highest BCUT2D eigenvalue weighted by Gasteiger charge is 2.20. The summed E-state index contributed by atoms with van der Waals surface area (Å²) in [4.78, 5) is 72.6. The fraction of sp³-hybridized carbons (Fsp3) is 0.208. The Morgan fingerprint density at radius 1 is 0.377 bits per heavy atom. The van der Waals surface area contributed by atoms with Crippen LogP contribution in [0.25, 0.3) is 0 Å². The van der Waals surface area contributed by atoms with E-state index in [0.29, 0.717) is 58.3 Å². The first-order valence-electron chi connectivity index (χ1n) is 21.2. The standard InChI is InChI=1S/C20H20Br2O4.C16H14O4.C14H10O4.C3H6Br2/c21-11-1-13-25-17-7-3-15(4-8-17)19(23)20(24)16-5-9-18(10-6-16)26-14-2-12-22;1-20-14-8-6-13(7-9-14)16(19)15(18)12-4-2-11(10-17)3-5-12;15-11-5-1-9(2-6-11)13(17)14(18)10-3-7-12(16)8-4-10;4-2-1-3-5/h3-10H,1-2,11-14H2;2-9,17H,10H2,1H3;1-8,15-16H;1-3H2. The lowest BCUT2D eigenvalue weighted by molar-refractivity contribution is 0.0817. The van der Waals surface area contributed by atoms with Gasteiger partial charge in [-0.1, -0.05) is 88.0 Å². The number of ketones is 6. The van der Waals surface area contributed by atoms with Crippen molar-refractivity contribution in [3.63, 3.8) is 0 Å². The van der Waals surface area contributed by atoms with Crippen molar-refractivity contribution in [1.29, 1.82) is 0 Å². The number of benzene rings is 6. The molecule has 0 spiro atoms. The second-order valence-electron chi connectivity index (χ2n) is 14.2. The molecule has 16 heteroatoms. The number of aliphatic hydroxyl groups is 1. The van der Waals surface area contributed by atoms with Gasteiger partial charge >= 0.3 is 0 Å². The number of aromatic hydroxyl groups is 2. The summed E-state index contributed by atoms with van der Waals surface area (Å²) < 4.78 is 16.1. The van der Waals surface area contributed by atoms with Crippen molar-refractivity contribution in [2.75, 3.05) is 41.6 Å². The number of phenols is 2. The van der Waals surface area contributed by atoms with Crippen LogP contribution in [0, 0.1) is 0 Å². The Morgan fingerprint density at radius 3 is 0.855 bits per heavy atom. The van der Waals surface area contributed by atoms with Gasteiger partial charge in [0.05, 0.1) is 26.9 Å². The number of carbonyl (C=O) groups excluding carboxylic acids is 6. The van der Waals surface area contributed by atoms with Gasteiger partial charge in [0.25, 0.3) is 0 Å². The molecular weight excluding hydrogens is 1150 g/mol. The van der Waals surface area contributed by atoms with Gasteiger partial charge in [-0.15, -0.1) is 0 Å². The summed E-state index contributed by atoms with van der Waals surface area (Å²) in [6.45, 7) is 1.10. The first kappa shape index (κ1) is 57.5. The summed E-state index contributed by atoms with van der Waals surface area (Å²) in [5, 5.41) is 31.1. The summed E-state index contributed by atoms with van der Waals surface area (Å²) in [5.74, 6) is -1.46. The van der Waals surface area contributed by atoms with Crippen molar-refractivity contribution in [3.8, 4) is 28.7 Å². The fourth-order valence-corrected chi connectivity index (χ4v) is 7.23. The van der Waals surface area contributed by atoms with E-state index in [2.05, 4.69) is 63.7 Å². The predicted octanol–water partition coefficient (Wildman–Crippen LogP) is 11.7. The summed E-state index contributed by atoms with van der Waals surface area (Å²) in [7, 11) is 1.53. The van der Waals surface area contributed by atoms with E-state index in [1.807, 2.05) is 0 Å². The molecule has 6 aromatic rings. The number of rotatable bonds is 21. The maximum absolute atomic E-state index is 12.4. The van der Waals surface area contributed by atoms with Gasteiger partial charge in [-0.25, -0.2) is 0 Å². The Bertz CT molecular complexity index is 2350. The van der Waals surface area contributed by atoms with E-state index in [-0.39, 0.29) is 29.2 Å². The van der Waals surface area contributed by atoms with Crippen LogP contribution >= 0.6 is 63.7 Å². The molecular formula is C53H50Br4O12. The van der Waals surface area contributed by atoms with Crippen LogP contribution in [0.3, 0.4) is 0 Å². The molecule has 0 heterocycles. The minimum Gasteiger partial charge on any atom is -0.508 e. The van der Waals surface area contributed by atoms with Crippen molar-refractivity contribution in [1.82, 2.24) is 0 Å². The van der Waals surface area contributed by atoms with E-state index in [1.165, 1.54) is 74.2 Å². The average molecular weight is 1200 g/mol. The molecule has 0 aliphatic heterocycles. The summed E-state index contributed by atoms with van der Waals surface area (Å²) in [6.07, 6.45) is 3.02. The second-order valence-corrected chi connectivity index (χ2v) is 17.4. The largest absolute Gasteiger partial charge is 0.508 e. The molecule has 3 N–H and O–H groups in total. The van der Waals surface area contributed by atoms with Gasteiger partial charge in [0, 0.05) is 54.7 Å². The van der Waals surface area contributed by atoms with Gasteiger partial charge in [0.15, 0.2) is 0 Å². The molecule has 12 nitrogen and oxygen atoms in total. The third kappa shape index (κ3) is 20.0. The average Bonchev–Trinajstić information content (AvgIpc) is 3.39. The number of halogens is 4. The Kier molecular flexibility index (Phi) is 26.8. The van der Waals surface area contributed by atoms with Crippen LogP contribution in [0.4, 0.5) is 0 Å². The number of alkyl halides is 4. The first-order chi connectivity index (χ1) is 33.3. The Hall–Kier alpha value is -5.78. The Morgan fingerprint density at radius 2 is 0.623 bits per heavy atom. The molecule has 362 valence electrons. The molecule has 0 bridgehead atoms. The van der Waals surface area contributed by atoms with Crippen LogP contribution in [0.2, 0.25) is 0 Å². The zero-order valence-corrected chi connectivity index (χ0v) is 43.8. The predicted molar refractivity (Wildman–Crippen MR) is 280 cm³/mol. The highest BCUT2D eigenvalue weighted by Crippen LogP contribution is 2.19. The second kappa shape index (κ2) is 32.1. The molecule has 0 atom stereocenters. The lowest BCUT2D eigenvalue weighted by Crippen LogP contribution is -2.14. The molecule has 6 aromatic carbocycles. The number of ether oxygens (including phenoxy) is 3. The van der Waals surface area contributed by atoms with Gasteiger partial charge in [-0.2, -0.15) is 0 Å². The van der Waals surface area contributed by atoms with Crippen LogP contribution in [0.5, 0.6) is 28.7 Å². The molecule has 0 unspecified atom stereocenters. The van der Waals surface area contributed by atoms with Gasteiger partial charge in [0.1, 0.15) is 28.7 Å². The third-order valence-electron chi connectivity index (χ3n) is 9.22. The molecule has 0 aliphatic carbocycles. The monoisotopic (exact) mass is 1190 g/mol. The van der Waals surface area contributed by atoms with Crippen LogP contribution < -0.4 is 14.2 Å². The Balaban J connectivity index is 0.000000265. The molecule has 0 amide bonds. The smallest absolute Gasteiger partial charge is 0.233 e. The van der Waals surface area contributed by atoms with Crippen LogP contribution in [-0.4, -0.2) is 91.7 Å². The number of hydrogen-bond donors (Lipinski definition) is 3. The Labute approximate surface area is 434 Å². The maximum Gasteiger partial charge on any atom is 0.233 e. The van der Waals surface area contributed by atoms with Crippen LogP contribution in [-0.2, 0) is 6.61 Å². The lowest BCUT2D eigenvalue weighted by atomic mass is 10.0. The highest BCUT2D eigenvalue weighted by molar-refractivity contribution is 9.10. The molecule has 0 radical (unpaired) electrons. The van der Waals surface area contributed by atoms with Crippen LogP contribution in [0.15, 0.2) is 146 Å². The molecule has 69 heavy (non-hydrogen) atoms. The zero-order valence-electron chi connectivity index (χ0n) is 37.5. The normalized spacial score (nSPS) is 10.1. The van der Waals surface area contributed by atoms with Gasteiger partial charge in [-0.3, -0.25) is 28.8 Å². The van der Waals surface area contributed by atoms with Crippen molar-refractivity contribution in [3.05, 3.63) is 185 Å². The van der Waals surface area contributed by atoms with E-state index in [4.69, 9.17) is 29.5 Å². The molecule has 0 aromatic heterocycles. The first-order valence-corrected chi connectivity index (χ1v) is 25.7. The van der Waals surface area contributed by atoms with Gasteiger partial charge in [0.2, 0.25) is 34.7 Å². The number of hydrogen-bond acceptors (Lipinski definition) is 12. The molecule has 0 fully saturated rings.